The van der Waals surface area contributed by atoms with E-state index in [9.17, 15) is 4.79 Å². The van der Waals surface area contributed by atoms with Gasteiger partial charge in [-0.05, 0) is 55.9 Å². The van der Waals surface area contributed by atoms with E-state index in [1.807, 2.05) is 6.07 Å². The van der Waals surface area contributed by atoms with Gasteiger partial charge in [-0.1, -0.05) is 6.07 Å². The number of fused-ring (bicyclic) bond motifs is 1. The number of hydrogen-bond acceptors (Lipinski definition) is 2. The van der Waals surface area contributed by atoms with Gasteiger partial charge in [0, 0.05) is 0 Å². The molecule has 0 aliphatic heterocycles. The number of aromatic nitrogens is 2. The second-order valence-corrected chi connectivity index (χ2v) is 5.02. The number of rotatable bonds is 2. The number of aromatic carboxylic acids is 1. The first kappa shape index (κ1) is 12.0. The number of hydrogen-bond donors (Lipinski definition) is 1. The zero-order valence-electron chi connectivity index (χ0n) is 10.9. The van der Waals surface area contributed by atoms with E-state index in [-0.39, 0.29) is 5.56 Å². The van der Waals surface area contributed by atoms with Gasteiger partial charge < -0.3 is 5.11 Å². The molecule has 0 saturated carbocycles. The van der Waals surface area contributed by atoms with Crippen LogP contribution in [0.5, 0.6) is 0 Å². The molecule has 0 atom stereocenters. The van der Waals surface area contributed by atoms with E-state index in [0.29, 0.717) is 5.69 Å². The highest BCUT2D eigenvalue weighted by atomic mass is 16.4. The predicted molar refractivity (Wildman–Crippen MR) is 71.9 cm³/mol. The molecule has 1 aliphatic carbocycles. The van der Waals surface area contributed by atoms with Gasteiger partial charge in [0.05, 0.1) is 17.6 Å². The molecule has 1 N–H and O–H groups in total. The monoisotopic (exact) mass is 256 g/mol. The first-order valence-corrected chi connectivity index (χ1v) is 6.57. The molecule has 0 bridgehead atoms. The van der Waals surface area contributed by atoms with Crippen LogP contribution in [0, 0.1) is 6.92 Å². The molecule has 4 heteroatoms. The summed E-state index contributed by atoms with van der Waals surface area (Å²) in [4.78, 5) is 11.0. The van der Waals surface area contributed by atoms with Crippen LogP contribution in [0.3, 0.4) is 0 Å². The molecule has 0 amide bonds. The summed E-state index contributed by atoms with van der Waals surface area (Å²) >= 11 is 0. The largest absolute Gasteiger partial charge is 0.478 e. The summed E-state index contributed by atoms with van der Waals surface area (Å²) < 4.78 is 1.71. The Bertz CT molecular complexity index is 644. The lowest BCUT2D eigenvalue weighted by Crippen LogP contribution is -2.06. The standard InChI is InChI=1S/C15H16N2O2/c1-10-14(15(18)19)9-16-17(10)13-7-6-11-4-2-3-5-12(11)8-13/h6-9H,2-5H2,1H3,(H,18,19). The first-order valence-electron chi connectivity index (χ1n) is 6.57. The molecular formula is C15H16N2O2. The van der Waals surface area contributed by atoms with E-state index in [0.717, 1.165) is 18.5 Å². The van der Waals surface area contributed by atoms with E-state index in [2.05, 4.69) is 17.2 Å². The second kappa shape index (κ2) is 4.53. The van der Waals surface area contributed by atoms with Gasteiger partial charge in [-0.25, -0.2) is 9.48 Å². The van der Waals surface area contributed by atoms with Crippen molar-refractivity contribution in [2.24, 2.45) is 0 Å². The van der Waals surface area contributed by atoms with Crippen molar-refractivity contribution < 1.29 is 9.90 Å². The number of aryl methyl sites for hydroxylation is 2. The van der Waals surface area contributed by atoms with Crippen LogP contribution in [-0.4, -0.2) is 20.9 Å². The molecule has 0 saturated heterocycles. The molecule has 0 fully saturated rings. The molecule has 1 aromatic carbocycles. The van der Waals surface area contributed by atoms with Gasteiger partial charge >= 0.3 is 5.97 Å². The Hall–Kier alpha value is -2.10. The van der Waals surface area contributed by atoms with Gasteiger partial charge in [0.15, 0.2) is 0 Å². The van der Waals surface area contributed by atoms with E-state index in [4.69, 9.17) is 5.11 Å². The second-order valence-electron chi connectivity index (χ2n) is 5.02. The lowest BCUT2D eigenvalue weighted by molar-refractivity contribution is 0.0696. The van der Waals surface area contributed by atoms with E-state index < -0.39 is 5.97 Å². The molecule has 1 aromatic heterocycles. The molecule has 3 rings (SSSR count). The minimum atomic E-state index is -0.929. The molecule has 2 aromatic rings. The molecule has 98 valence electrons. The summed E-state index contributed by atoms with van der Waals surface area (Å²) in [6.07, 6.45) is 6.16. The van der Waals surface area contributed by atoms with Crippen molar-refractivity contribution in [2.45, 2.75) is 32.6 Å². The highest BCUT2D eigenvalue weighted by Gasteiger charge is 2.15. The van der Waals surface area contributed by atoms with Crippen LogP contribution < -0.4 is 0 Å². The van der Waals surface area contributed by atoms with Crippen molar-refractivity contribution in [3.05, 3.63) is 46.8 Å². The fourth-order valence-corrected chi connectivity index (χ4v) is 2.73. The van der Waals surface area contributed by atoms with Crippen molar-refractivity contribution in [3.8, 4) is 5.69 Å². The number of carbonyl (C=O) groups is 1. The molecule has 1 heterocycles. The lowest BCUT2D eigenvalue weighted by atomic mass is 9.91. The van der Waals surface area contributed by atoms with E-state index >= 15 is 0 Å². The molecule has 0 spiro atoms. The van der Waals surface area contributed by atoms with Crippen LogP contribution in [0.2, 0.25) is 0 Å². The number of carboxylic acids is 1. The van der Waals surface area contributed by atoms with Gasteiger partial charge in [-0.15, -0.1) is 0 Å². The third-order valence-electron chi connectivity index (χ3n) is 3.82. The van der Waals surface area contributed by atoms with Crippen LogP contribution in [-0.2, 0) is 12.8 Å². The highest BCUT2D eigenvalue weighted by molar-refractivity contribution is 5.88. The molecular weight excluding hydrogens is 240 g/mol. The number of nitrogens with zero attached hydrogens (tertiary/aromatic N) is 2. The zero-order chi connectivity index (χ0) is 13.4. The third-order valence-corrected chi connectivity index (χ3v) is 3.82. The van der Waals surface area contributed by atoms with E-state index in [1.54, 1.807) is 11.6 Å². The van der Waals surface area contributed by atoms with Crippen molar-refractivity contribution in [3.63, 3.8) is 0 Å². The quantitative estimate of drug-likeness (QED) is 0.898. The Balaban J connectivity index is 2.05. The molecule has 1 aliphatic rings. The van der Waals surface area contributed by atoms with Crippen LogP contribution in [0.1, 0.15) is 40.0 Å². The topological polar surface area (TPSA) is 55.1 Å². The van der Waals surface area contributed by atoms with Gasteiger partial charge in [-0.2, -0.15) is 5.10 Å². The maximum atomic E-state index is 11.0. The smallest absolute Gasteiger partial charge is 0.339 e. The minimum absolute atomic E-state index is 0.262. The lowest BCUT2D eigenvalue weighted by Gasteiger charge is -2.17. The summed E-state index contributed by atoms with van der Waals surface area (Å²) in [6, 6.07) is 6.31. The Kier molecular flexibility index (Phi) is 2.85. The van der Waals surface area contributed by atoms with Gasteiger partial charge in [-0.3, -0.25) is 0 Å². The van der Waals surface area contributed by atoms with Crippen LogP contribution in [0.25, 0.3) is 5.69 Å². The van der Waals surface area contributed by atoms with Crippen molar-refractivity contribution in [1.82, 2.24) is 9.78 Å². The Labute approximate surface area is 111 Å². The summed E-state index contributed by atoms with van der Waals surface area (Å²) in [5.74, 6) is -0.929. The fraction of sp³-hybridized carbons (Fsp3) is 0.333. The number of benzene rings is 1. The minimum Gasteiger partial charge on any atom is -0.478 e. The normalized spacial score (nSPS) is 14.2. The zero-order valence-corrected chi connectivity index (χ0v) is 10.9. The first-order chi connectivity index (χ1) is 9.16. The summed E-state index contributed by atoms with van der Waals surface area (Å²) in [6.45, 7) is 1.79. The maximum absolute atomic E-state index is 11.0. The average molecular weight is 256 g/mol. The summed E-state index contributed by atoms with van der Waals surface area (Å²) in [7, 11) is 0. The maximum Gasteiger partial charge on any atom is 0.339 e. The molecule has 19 heavy (non-hydrogen) atoms. The van der Waals surface area contributed by atoms with Crippen LogP contribution >= 0.6 is 0 Å². The van der Waals surface area contributed by atoms with Crippen molar-refractivity contribution in [2.75, 3.05) is 0 Å². The third kappa shape index (κ3) is 2.03. The molecule has 0 radical (unpaired) electrons. The van der Waals surface area contributed by atoms with Crippen LogP contribution in [0.4, 0.5) is 0 Å². The van der Waals surface area contributed by atoms with E-state index in [1.165, 1.54) is 30.2 Å². The fourth-order valence-electron chi connectivity index (χ4n) is 2.73. The molecule has 4 nitrogen and oxygen atoms in total. The van der Waals surface area contributed by atoms with Gasteiger partial charge in [0.1, 0.15) is 5.56 Å². The highest BCUT2D eigenvalue weighted by Crippen LogP contribution is 2.24. The molecule has 0 unspecified atom stereocenters. The SMILES string of the molecule is Cc1c(C(=O)O)cnn1-c1ccc2c(c1)CCCC2. The Morgan fingerprint density at radius 3 is 2.68 bits per heavy atom. The van der Waals surface area contributed by atoms with Gasteiger partial charge in [0.2, 0.25) is 0 Å². The average Bonchev–Trinajstić information content (AvgIpc) is 2.80. The summed E-state index contributed by atoms with van der Waals surface area (Å²) in [5.41, 5.74) is 4.67. The van der Waals surface area contributed by atoms with Gasteiger partial charge in [0.25, 0.3) is 0 Å². The van der Waals surface area contributed by atoms with Crippen molar-refractivity contribution >= 4 is 5.97 Å². The van der Waals surface area contributed by atoms with Crippen molar-refractivity contribution in [1.29, 1.82) is 0 Å². The Morgan fingerprint density at radius 1 is 1.26 bits per heavy atom. The summed E-state index contributed by atoms with van der Waals surface area (Å²) in [5, 5.41) is 13.3. The van der Waals surface area contributed by atoms with Crippen LogP contribution in [0.15, 0.2) is 24.4 Å². The Morgan fingerprint density at radius 2 is 2.00 bits per heavy atom. The predicted octanol–water partition coefficient (Wildman–Crippen LogP) is 2.76. The number of carboxylic acid groups (broad SMARTS) is 1.